The Bertz CT molecular complexity index is 545. The van der Waals surface area contributed by atoms with Crippen LogP contribution >= 0.6 is 0 Å². The molecule has 1 aromatic carbocycles. The van der Waals surface area contributed by atoms with Crippen LogP contribution in [0.2, 0.25) is 0 Å². The number of nitrogens with one attached hydrogen (secondary N) is 1. The van der Waals surface area contributed by atoms with Crippen molar-refractivity contribution in [3.8, 4) is 5.75 Å². The lowest BCUT2D eigenvalue weighted by Crippen LogP contribution is -2.45. The second-order valence-corrected chi connectivity index (χ2v) is 5.97. The Morgan fingerprint density at radius 3 is 2.83 bits per heavy atom. The minimum atomic E-state index is -0.327. The minimum Gasteiger partial charge on any atom is -0.423 e. The van der Waals surface area contributed by atoms with Crippen LogP contribution in [0.5, 0.6) is 5.75 Å². The van der Waals surface area contributed by atoms with Crippen molar-refractivity contribution in [2.45, 2.75) is 52.0 Å². The number of hydrogen-bond donors (Lipinski definition) is 1. The molecule has 5 heteroatoms. The Morgan fingerprint density at radius 1 is 1.30 bits per heavy atom. The number of para-hydroxylation sites is 2. The van der Waals surface area contributed by atoms with Crippen LogP contribution in [0.4, 0.5) is 5.69 Å². The van der Waals surface area contributed by atoms with Gasteiger partial charge in [-0.3, -0.25) is 4.79 Å². The highest BCUT2D eigenvalue weighted by Crippen LogP contribution is 2.30. The molecule has 1 aliphatic rings. The second-order valence-electron chi connectivity index (χ2n) is 5.97. The smallest absolute Gasteiger partial charge is 0.331 e. The highest BCUT2D eigenvalue weighted by Gasteiger charge is 2.25. The van der Waals surface area contributed by atoms with E-state index in [4.69, 9.17) is 4.74 Å². The molecular formula is C18H26N2O3. The van der Waals surface area contributed by atoms with Gasteiger partial charge in [0.15, 0.2) is 5.75 Å². The molecule has 0 bridgehead atoms. The van der Waals surface area contributed by atoms with Crippen molar-refractivity contribution in [2.24, 2.45) is 0 Å². The lowest BCUT2D eigenvalue weighted by atomic mass is 10.1. The fraction of sp³-hybridized carbons (Fsp3) is 0.556. The third-order valence-corrected chi connectivity index (χ3v) is 4.10. The van der Waals surface area contributed by atoms with Crippen molar-refractivity contribution in [2.75, 3.05) is 18.0 Å². The molecule has 126 valence electrons. The average molecular weight is 318 g/mol. The van der Waals surface area contributed by atoms with E-state index in [1.54, 1.807) is 11.0 Å². The van der Waals surface area contributed by atoms with Gasteiger partial charge in [-0.15, -0.1) is 0 Å². The summed E-state index contributed by atoms with van der Waals surface area (Å²) in [4.78, 5) is 25.8. The standard InChI is InChI=1S/C18H26N2O3/c1-3-5-6-9-14(4-2)19-17(21)12-20-13-18(22)23-16-11-8-7-10-15(16)20/h7-8,10-11,14H,3-6,9,12-13H2,1-2H3,(H,19,21). The number of carbonyl (C=O) groups is 2. The SMILES string of the molecule is CCCCCC(CC)NC(=O)CN1CC(=O)Oc2ccccc21. The quantitative estimate of drug-likeness (QED) is 0.455. The number of nitrogens with zero attached hydrogens (tertiary/aromatic N) is 1. The number of rotatable bonds is 8. The highest BCUT2D eigenvalue weighted by atomic mass is 16.5. The van der Waals surface area contributed by atoms with Gasteiger partial charge in [0.2, 0.25) is 5.91 Å². The van der Waals surface area contributed by atoms with E-state index in [1.165, 1.54) is 12.8 Å². The lowest BCUT2D eigenvalue weighted by Gasteiger charge is -2.29. The van der Waals surface area contributed by atoms with Gasteiger partial charge >= 0.3 is 5.97 Å². The first-order valence-corrected chi connectivity index (χ1v) is 8.48. The van der Waals surface area contributed by atoms with Crippen molar-refractivity contribution in [3.05, 3.63) is 24.3 Å². The van der Waals surface area contributed by atoms with Gasteiger partial charge in [0, 0.05) is 6.04 Å². The molecule has 5 nitrogen and oxygen atoms in total. The second kappa shape index (κ2) is 8.56. The number of ether oxygens (including phenoxy) is 1. The van der Waals surface area contributed by atoms with Crippen LogP contribution < -0.4 is 15.0 Å². The number of unbranched alkanes of at least 4 members (excludes halogenated alkanes) is 2. The minimum absolute atomic E-state index is 0.0437. The predicted octanol–water partition coefficient (Wildman–Crippen LogP) is 2.89. The van der Waals surface area contributed by atoms with Crippen molar-refractivity contribution in [3.63, 3.8) is 0 Å². The van der Waals surface area contributed by atoms with E-state index in [2.05, 4.69) is 19.2 Å². The zero-order chi connectivity index (χ0) is 16.7. The van der Waals surface area contributed by atoms with Gasteiger partial charge in [0.05, 0.1) is 12.2 Å². The van der Waals surface area contributed by atoms with Crippen LogP contribution in [-0.2, 0) is 9.59 Å². The molecular weight excluding hydrogens is 292 g/mol. The Labute approximate surface area is 138 Å². The van der Waals surface area contributed by atoms with Crippen molar-refractivity contribution in [1.82, 2.24) is 5.32 Å². The lowest BCUT2D eigenvalue weighted by molar-refractivity contribution is -0.133. The first-order chi connectivity index (χ1) is 11.1. The fourth-order valence-electron chi connectivity index (χ4n) is 2.81. The van der Waals surface area contributed by atoms with Crippen molar-refractivity contribution in [1.29, 1.82) is 0 Å². The number of carbonyl (C=O) groups excluding carboxylic acids is 2. The number of benzene rings is 1. The number of anilines is 1. The topological polar surface area (TPSA) is 58.6 Å². The normalized spacial score (nSPS) is 14.9. The third kappa shape index (κ3) is 4.98. The molecule has 0 fully saturated rings. The van der Waals surface area contributed by atoms with Gasteiger partial charge in [-0.1, -0.05) is 45.2 Å². The number of amides is 1. The molecule has 0 saturated carbocycles. The van der Waals surface area contributed by atoms with E-state index in [9.17, 15) is 9.59 Å². The summed E-state index contributed by atoms with van der Waals surface area (Å²) in [6.07, 6.45) is 5.44. The van der Waals surface area contributed by atoms with Gasteiger partial charge in [-0.25, -0.2) is 4.79 Å². The van der Waals surface area contributed by atoms with Crippen molar-refractivity contribution >= 4 is 17.6 Å². The summed E-state index contributed by atoms with van der Waals surface area (Å²) in [6.45, 7) is 4.55. The van der Waals surface area contributed by atoms with Gasteiger partial charge in [-0.2, -0.15) is 0 Å². The highest BCUT2D eigenvalue weighted by molar-refractivity contribution is 5.89. The van der Waals surface area contributed by atoms with Crippen LogP contribution in [0.1, 0.15) is 46.0 Å². The Balaban J connectivity index is 1.93. The van der Waals surface area contributed by atoms with Crippen molar-refractivity contribution < 1.29 is 14.3 Å². The van der Waals surface area contributed by atoms with E-state index in [1.807, 2.05) is 18.2 Å². The molecule has 1 unspecified atom stereocenters. The summed E-state index contributed by atoms with van der Waals surface area (Å²) < 4.78 is 5.20. The Morgan fingerprint density at radius 2 is 2.09 bits per heavy atom. The molecule has 1 amide bonds. The van der Waals surface area contributed by atoms with Gasteiger partial charge in [0.1, 0.15) is 6.54 Å². The molecule has 1 atom stereocenters. The summed E-state index contributed by atoms with van der Waals surface area (Å²) in [6, 6.07) is 7.52. The number of fused-ring (bicyclic) bond motifs is 1. The molecule has 0 aliphatic carbocycles. The number of esters is 1. The molecule has 2 rings (SSSR count). The molecule has 1 aliphatic heterocycles. The zero-order valence-corrected chi connectivity index (χ0v) is 14.0. The summed E-state index contributed by atoms with van der Waals surface area (Å²) >= 11 is 0. The van der Waals surface area contributed by atoms with Crippen LogP contribution in [0, 0.1) is 0 Å². The molecule has 0 spiro atoms. The third-order valence-electron chi connectivity index (χ3n) is 4.10. The number of hydrogen-bond acceptors (Lipinski definition) is 4. The monoisotopic (exact) mass is 318 g/mol. The maximum absolute atomic E-state index is 12.3. The van der Waals surface area contributed by atoms with Gasteiger partial charge in [-0.05, 0) is 25.0 Å². The fourth-order valence-corrected chi connectivity index (χ4v) is 2.81. The van der Waals surface area contributed by atoms with Gasteiger partial charge in [0.25, 0.3) is 0 Å². The first-order valence-electron chi connectivity index (χ1n) is 8.48. The molecule has 23 heavy (non-hydrogen) atoms. The van der Waals surface area contributed by atoms with E-state index in [0.717, 1.165) is 24.9 Å². The van der Waals surface area contributed by atoms with Crippen LogP contribution in [0.25, 0.3) is 0 Å². The van der Waals surface area contributed by atoms with Crippen LogP contribution in [0.3, 0.4) is 0 Å². The average Bonchev–Trinajstić information content (AvgIpc) is 2.54. The molecule has 0 aromatic heterocycles. The van der Waals surface area contributed by atoms with E-state index >= 15 is 0 Å². The van der Waals surface area contributed by atoms with E-state index < -0.39 is 0 Å². The maximum Gasteiger partial charge on any atom is 0.331 e. The maximum atomic E-state index is 12.3. The molecule has 1 heterocycles. The molecule has 1 aromatic rings. The zero-order valence-electron chi connectivity index (χ0n) is 14.0. The first kappa shape index (κ1) is 17.3. The molecule has 0 radical (unpaired) electrons. The van der Waals surface area contributed by atoms with Crippen LogP contribution in [0.15, 0.2) is 24.3 Å². The van der Waals surface area contributed by atoms with Gasteiger partial charge < -0.3 is 15.0 Å². The summed E-state index contributed by atoms with van der Waals surface area (Å²) in [7, 11) is 0. The Hall–Kier alpha value is -2.04. The predicted molar refractivity (Wildman–Crippen MR) is 90.7 cm³/mol. The summed E-state index contributed by atoms with van der Waals surface area (Å²) in [5.74, 6) is 0.149. The summed E-state index contributed by atoms with van der Waals surface area (Å²) in [5, 5.41) is 3.09. The molecule has 0 saturated heterocycles. The largest absolute Gasteiger partial charge is 0.423 e. The molecule has 1 N–H and O–H groups in total. The Kier molecular flexibility index (Phi) is 6.44. The van der Waals surface area contributed by atoms with Crippen LogP contribution in [-0.4, -0.2) is 31.0 Å². The van der Waals surface area contributed by atoms with E-state index in [0.29, 0.717) is 5.75 Å². The summed E-state index contributed by atoms with van der Waals surface area (Å²) in [5.41, 5.74) is 0.793. The van der Waals surface area contributed by atoms with E-state index in [-0.39, 0.29) is 31.0 Å².